The molecule has 2 amide bonds. The molecule has 2 N–H and O–H groups in total. The fraction of sp³-hybridized carbons (Fsp3) is 0.0667. The van der Waals surface area contributed by atoms with E-state index < -0.39 is 15.6 Å². The van der Waals surface area contributed by atoms with Gasteiger partial charge in [0.25, 0.3) is 9.70 Å². The number of aromatic nitrogens is 3. The average Bonchev–Trinajstić information content (AvgIpc) is 3.30. The molecule has 134 valence electrons. The van der Waals surface area contributed by atoms with Crippen molar-refractivity contribution in [2.75, 3.05) is 0 Å². The van der Waals surface area contributed by atoms with E-state index >= 15 is 0 Å². The van der Waals surface area contributed by atoms with E-state index in [-0.39, 0.29) is 11.7 Å². The van der Waals surface area contributed by atoms with Crippen molar-refractivity contribution < 1.29 is 14.1 Å². The largest absolute Gasteiger partial charge is 0.328 e. The predicted octanol–water partition coefficient (Wildman–Crippen LogP) is 2.66. The third-order valence-corrected chi connectivity index (χ3v) is 3.69. The van der Waals surface area contributed by atoms with Crippen LogP contribution in [0.15, 0.2) is 53.3 Å². The van der Waals surface area contributed by atoms with E-state index in [0.717, 1.165) is 5.69 Å². The van der Waals surface area contributed by atoms with E-state index in [4.69, 9.17) is 39.3 Å². The van der Waals surface area contributed by atoms with Crippen molar-refractivity contribution in [2.24, 2.45) is 0 Å². The number of halogens is 3. The van der Waals surface area contributed by atoms with Gasteiger partial charge in [0.05, 0.1) is 0 Å². The minimum absolute atomic E-state index is 0.205. The summed E-state index contributed by atoms with van der Waals surface area (Å²) in [6.45, 7) is 0. The standard InChI is InChI=1S/C15H10Cl3N5O3/c16-15(17,18)14(25)21-20-12(24)13-19-11(22-26-13)9-4-3-5-10(8-9)23-6-1-2-7-23/h1-8H,(H,20,24)(H,21,25). The summed E-state index contributed by atoms with van der Waals surface area (Å²) in [6, 6.07) is 11.1. The Balaban J connectivity index is 1.73. The van der Waals surface area contributed by atoms with Crippen molar-refractivity contribution in [2.45, 2.75) is 3.79 Å². The highest BCUT2D eigenvalue weighted by molar-refractivity contribution is 6.76. The average molecular weight is 415 g/mol. The van der Waals surface area contributed by atoms with Gasteiger partial charge in [0, 0.05) is 23.6 Å². The first-order chi connectivity index (χ1) is 12.3. The van der Waals surface area contributed by atoms with Gasteiger partial charge in [-0.15, -0.1) is 0 Å². The molecule has 0 atom stereocenters. The van der Waals surface area contributed by atoms with Crippen LogP contribution in [0.4, 0.5) is 0 Å². The zero-order valence-electron chi connectivity index (χ0n) is 12.8. The van der Waals surface area contributed by atoms with Gasteiger partial charge < -0.3 is 9.09 Å². The van der Waals surface area contributed by atoms with Crippen LogP contribution < -0.4 is 10.9 Å². The van der Waals surface area contributed by atoms with Gasteiger partial charge in [0.1, 0.15) is 0 Å². The van der Waals surface area contributed by atoms with Gasteiger partial charge in [-0.2, -0.15) is 4.98 Å². The number of hydrazine groups is 1. The maximum atomic E-state index is 11.9. The highest BCUT2D eigenvalue weighted by Gasteiger charge is 2.31. The van der Waals surface area contributed by atoms with Gasteiger partial charge in [-0.05, 0) is 24.3 Å². The topological polar surface area (TPSA) is 102 Å². The van der Waals surface area contributed by atoms with Crippen LogP contribution in [0.5, 0.6) is 0 Å². The zero-order chi connectivity index (χ0) is 18.7. The molecule has 2 aromatic heterocycles. The monoisotopic (exact) mass is 413 g/mol. The lowest BCUT2D eigenvalue weighted by Gasteiger charge is -2.10. The van der Waals surface area contributed by atoms with Crippen LogP contribution in [-0.2, 0) is 4.79 Å². The second kappa shape index (κ2) is 7.36. The quantitative estimate of drug-likeness (QED) is 0.507. The molecule has 0 unspecified atom stereocenters. The molecule has 2 heterocycles. The molecule has 3 aromatic rings. The molecule has 26 heavy (non-hydrogen) atoms. The molecule has 0 radical (unpaired) electrons. The summed E-state index contributed by atoms with van der Waals surface area (Å²) in [5.74, 6) is -2.05. The first-order valence-electron chi connectivity index (χ1n) is 7.09. The zero-order valence-corrected chi connectivity index (χ0v) is 15.1. The van der Waals surface area contributed by atoms with Crippen molar-refractivity contribution in [3.63, 3.8) is 0 Å². The Morgan fingerprint density at radius 3 is 2.50 bits per heavy atom. The summed E-state index contributed by atoms with van der Waals surface area (Å²) in [5, 5.41) is 3.76. The van der Waals surface area contributed by atoms with E-state index in [1.807, 2.05) is 58.1 Å². The summed E-state index contributed by atoms with van der Waals surface area (Å²) in [6.07, 6.45) is 3.78. The van der Waals surface area contributed by atoms with Crippen LogP contribution in [0.2, 0.25) is 0 Å². The van der Waals surface area contributed by atoms with E-state index in [2.05, 4.69) is 10.1 Å². The predicted molar refractivity (Wildman–Crippen MR) is 95.0 cm³/mol. The normalized spacial score (nSPS) is 11.2. The second-order valence-electron chi connectivity index (χ2n) is 4.97. The number of nitrogens with zero attached hydrogens (tertiary/aromatic N) is 3. The Labute approximate surface area is 162 Å². The third-order valence-electron chi connectivity index (χ3n) is 3.17. The molecule has 0 spiro atoms. The molecule has 8 nitrogen and oxygen atoms in total. The lowest BCUT2D eigenvalue weighted by molar-refractivity contribution is -0.121. The van der Waals surface area contributed by atoms with Crippen molar-refractivity contribution in [1.29, 1.82) is 0 Å². The Morgan fingerprint density at radius 2 is 1.81 bits per heavy atom. The molecule has 0 aliphatic carbocycles. The lowest BCUT2D eigenvalue weighted by atomic mass is 10.2. The van der Waals surface area contributed by atoms with Gasteiger partial charge in [-0.1, -0.05) is 52.1 Å². The summed E-state index contributed by atoms with van der Waals surface area (Å²) >= 11 is 16.1. The van der Waals surface area contributed by atoms with Crippen molar-refractivity contribution in [3.8, 4) is 17.1 Å². The van der Waals surface area contributed by atoms with Gasteiger partial charge in [-0.3, -0.25) is 20.4 Å². The maximum Gasteiger partial charge on any atom is 0.328 e. The number of rotatable bonds is 3. The van der Waals surface area contributed by atoms with Crippen molar-refractivity contribution >= 4 is 46.6 Å². The number of amides is 2. The number of hydrogen-bond donors (Lipinski definition) is 2. The van der Waals surface area contributed by atoms with E-state index in [1.165, 1.54) is 0 Å². The Morgan fingerprint density at radius 1 is 1.08 bits per heavy atom. The molecular formula is C15H10Cl3N5O3. The molecule has 0 saturated carbocycles. The SMILES string of the molecule is O=C(NNC(=O)C(Cl)(Cl)Cl)c1nc(-c2cccc(-n3cccc3)c2)no1. The second-order valence-corrected chi connectivity index (χ2v) is 7.25. The lowest BCUT2D eigenvalue weighted by Crippen LogP contribution is -2.46. The molecule has 3 rings (SSSR count). The van der Waals surface area contributed by atoms with Gasteiger partial charge in [0.2, 0.25) is 5.82 Å². The van der Waals surface area contributed by atoms with Crippen LogP contribution in [0.1, 0.15) is 10.7 Å². The molecule has 0 aliphatic heterocycles. The smallest absolute Gasteiger partial charge is 0.328 e. The first kappa shape index (κ1) is 18.2. The Bertz CT molecular complexity index is 934. The van der Waals surface area contributed by atoms with E-state index in [1.54, 1.807) is 6.07 Å². The number of carbonyl (C=O) groups excluding carboxylic acids is 2. The molecule has 1 aromatic carbocycles. The summed E-state index contributed by atoms with van der Waals surface area (Å²) in [4.78, 5) is 27.3. The number of carbonyl (C=O) groups is 2. The summed E-state index contributed by atoms with van der Waals surface area (Å²) in [5.41, 5.74) is 5.47. The molecule has 0 fully saturated rings. The fourth-order valence-corrected chi connectivity index (χ4v) is 2.12. The van der Waals surface area contributed by atoms with Crippen molar-refractivity contribution in [1.82, 2.24) is 25.6 Å². The number of hydrogen-bond acceptors (Lipinski definition) is 5. The number of nitrogens with one attached hydrogen (secondary N) is 2. The molecule has 0 saturated heterocycles. The van der Waals surface area contributed by atoms with Crippen LogP contribution in [0.25, 0.3) is 17.1 Å². The van der Waals surface area contributed by atoms with Crippen molar-refractivity contribution in [3.05, 3.63) is 54.7 Å². The minimum Gasteiger partial charge on any atom is -0.328 e. The van der Waals surface area contributed by atoms with E-state index in [0.29, 0.717) is 5.56 Å². The molecule has 11 heteroatoms. The fourth-order valence-electron chi connectivity index (χ4n) is 1.98. The van der Waals surface area contributed by atoms with E-state index in [9.17, 15) is 9.59 Å². The highest BCUT2D eigenvalue weighted by Crippen LogP contribution is 2.25. The van der Waals surface area contributed by atoms with Gasteiger partial charge in [-0.25, -0.2) is 0 Å². The summed E-state index contributed by atoms with van der Waals surface area (Å²) in [7, 11) is 0. The van der Waals surface area contributed by atoms with Crippen LogP contribution in [0.3, 0.4) is 0 Å². The Hall–Kier alpha value is -2.55. The summed E-state index contributed by atoms with van der Waals surface area (Å²) < 4.78 is 4.59. The number of benzene rings is 1. The van der Waals surface area contributed by atoms with Gasteiger partial charge in [0.15, 0.2) is 0 Å². The number of alkyl halides is 3. The molecule has 0 aliphatic rings. The van der Waals surface area contributed by atoms with Crippen LogP contribution >= 0.6 is 34.8 Å². The molecule has 0 bridgehead atoms. The minimum atomic E-state index is -2.22. The first-order valence-corrected chi connectivity index (χ1v) is 8.23. The highest BCUT2D eigenvalue weighted by atomic mass is 35.6. The van der Waals surface area contributed by atoms with Crippen LogP contribution in [-0.4, -0.2) is 30.3 Å². The maximum absolute atomic E-state index is 11.9. The van der Waals surface area contributed by atoms with Crippen LogP contribution in [0, 0.1) is 0 Å². The van der Waals surface area contributed by atoms with Gasteiger partial charge >= 0.3 is 11.8 Å². The Kier molecular flexibility index (Phi) is 5.17. The third kappa shape index (κ3) is 4.16. The molecular weight excluding hydrogens is 405 g/mol.